The Balaban J connectivity index is 1.52. The van der Waals surface area contributed by atoms with Gasteiger partial charge in [0.15, 0.2) is 22.5 Å². The number of rotatable bonds is 10. The van der Waals surface area contributed by atoms with Crippen LogP contribution in [-0.4, -0.2) is 37.3 Å². The maximum Gasteiger partial charge on any atom is 0.348 e. The van der Waals surface area contributed by atoms with Crippen LogP contribution in [-0.2, 0) is 23.6 Å². The number of hydrogen-bond donors (Lipinski definition) is 1. The molecule has 1 aromatic carbocycles. The van der Waals surface area contributed by atoms with Crippen LogP contribution in [0.5, 0.6) is 5.75 Å². The Morgan fingerprint density at radius 3 is 2.86 bits per heavy atom. The number of thiophene rings is 1. The van der Waals surface area contributed by atoms with E-state index in [0.29, 0.717) is 55.6 Å². The van der Waals surface area contributed by atoms with Crippen molar-refractivity contribution in [2.75, 3.05) is 12.3 Å². The quantitative estimate of drug-likeness (QED) is 0.185. The zero-order valence-corrected chi connectivity index (χ0v) is 20.8. The molecule has 0 bridgehead atoms. The van der Waals surface area contributed by atoms with Crippen LogP contribution in [0.2, 0.25) is 0 Å². The van der Waals surface area contributed by atoms with Gasteiger partial charge < -0.3 is 15.2 Å². The lowest BCUT2D eigenvalue weighted by atomic mass is 10.2. The predicted molar refractivity (Wildman–Crippen MR) is 133 cm³/mol. The van der Waals surface area contributed by atoms with Crippen molar-refractivity contribution in [3.05, 3.63) is 64.8 Å². The molecule has 0 spiro atoms. The Morgan fingerprint density at radius 2 is 2.11 bits per heavy atom. The molecule has 0 unspecified atom stereocenters. The number of thioether (sulfide) groups is 1. The number of ether oxygens (including phenoxy) is 2. The number of para-hydroxylation sites is 1. The molecule has 0 aliphatic carbocycles. The van der Waals surface area contributed by atoms with Gasteiger partial charge in [0.1, 0.15) is 28.0 Å². The molecule has 9 nitrogen and oxygen atoms in total. The molecule has 4 aromatic rings. The fraction of sp³-hybridized carbons (Fsp3) is 0.261. The molecule has 0 radical (unpaired) electrons. The van der Waals surface area contributed by atoms with Crippen LogP contribution in [0.4, 0.5) is 10.2 Å². The van der Waals surface area contributed by atoms with E-state index in [0.717, 1.165) is 0 Å². The number of nitrogens with two attached hydrogens (primary N) is 1. The molecule has 0 saturated heterocycles. The maximum absolute atomic E-state index is 13.9. The Morgan fingerprint density at radius 1 is 1.31 bits per heavy atom. The summed E-state index contributed by atoms with van der Waals surface area (Å²) in [4.78, 5) is 22.4. The molecule has 35 heavy (non-hydrogen) atoms. The third-order valence-corrected chi connectivity index (χ3v) is 7.08. The Bertz CT molecular complexity index is 1390. The molecule has 0 amide bonds. The molecule has 0 atom stereocenters. The number of carbonyl (C=O) groups excluding carboxylic acids is 1. The topological polar surface area (TPSA) is 118 Å². The van der Waals surface area contributed by atoms with Gasteiger partial charge in [-0.05, 0) is 31.5 Å². The lowest BCUT2D eigenvalue weighted by Gasteiger charge is -2.09. The van der Waals surface area contributed by atoms with E-state index >= 15 is 0 Å². The van der Waals surface area contributed by atoms with E-state index in [-0.39, 0.29) is 19.0 Å². The number of aryl methyl sites for hydroxylation is 1. The first kappa shape index (κ1) is 24.6. The summed E-state index contributed by atoms with van der Waals surface area (Å²) in [5.74, 6) is 0.994. The van der Waals surface area contributed by atoms with Gasteiger partial charge in [-0.25, -0.2) is 19.2 Å². The highest BCUT2D eigenvalue weighted by atomic mass is 32.2. The fourth-order valence-electron chi connectivity index (χ4n) is 3.35. The smallest absolute Gasteiger partial charge is 0.348 e. The van der Waals surface area contributed by atoms with Crippen molar-refractivity contribution in [3.8, 4) is 5.75 Å². The highest BCUT2D eigenvalue weighted by Crippen LogP contribution is 2.34. The van der Waals surface area contributed by atoms with E-state index in [1.807, 2.05) is 11.5 Å². The summed E-state index contributed by atoms with van der Waals surface area (Å²) in [6, 6.07) is 6.18. The van der Waals surface area contributed by atoms with Crippen LogP contribution in [0.3, 0.4) is 0 Å². The van der Waals surface area contributed by atoms with Gasteiger partial charge in [-0.2, -0.15) is 0 Å². The van der Waals surface area contributed by atoms with Crippen molar-refractivity contribution in [2.45, 2.75) is 37.9 Å². The Kier molecular flexibility index (Phi) is 7.61. The van der Waals surface area contributed by atoms with Gasteiger partial charge in [0.2, 0.25) is 0 Å². The van der Waals surface area contributed by atoms with Crippen molar-refractivity contribution < 1.29 is 18.7 Å². The zero-order valence-electron chi connectivity index (χ0n) is 19.2. The first-order valence-corrected chi connectivity index (χ1v) is 12.5. The van der Waals surface area contributed by atoms with Gasteiger partial charge in [-0.3, -0.25) is 4.57 Å². The molecule has 0 aliphatic heterocycles. The monoisotopic (exact) mass is 514 g/mol. The molecular weight excluding hydrogens is 491 g/mol. The second-order valence-corrected chi connectivity index (χ2v) is 9.23. The number of fused-ring (bicyclic) bond motifs is 1. The molecule has 0 saturated carbocycles. The van der Waals surface area contributed by atoms with Gasteiger partial charge in [-0.1, -0.05) is 30.0 Å². The second kappa shape index (κ2) is 10.8. The minimum atomic E-state index is -0.447. The normalized spacial score (nSPS) is 11.1. The van der Waals surface area contributed by atoms with E-state index in [1.165, 1.54) is 29.2 Å². The molecule has 0 aliphatic rings. The number of nitrogen functional groups attached to an aromatic ring is 1. The zero-order chi connectivity index (χ0) is 24.9. The van der Waals surface area contributed by atoms with Crippen molar-refractivity contribution in [3.63, 3.8) is 0 Å². The van der Waals surface area contributed by atoms with E-state index < -0.39 is 11.8 Å². The van der Waals surface area contributed by atoms with Crippen molar-refractivity contribution >= 4 is 45.1 Å². The third kappa shape index (κ3) is 5.28. The summed E-state index contributed by atoms with van der Waals surface area (Å²) < 4.78 is 26.4. The third-order valence-electron chi connectivity index (χ3n) is 4.95. The van der Waals surface area contributed by atoms with Crippen molar-refractivity contribution in [1.29, 1.82) is 0 Å². The highest BCUT2D eigenvalue weighted by Gasteiger charge is 2.21. The second-order valence-electron chi connectivity index (χ2n) is 7.29. The fourth-order valence-corrected chi connectivity index (χ4v) is 5.27. The number of benzene rings is 1. The first-order valence-electron chi connectivity index (χ1n) is 10.7. The number of aromatic nitrogens is 5. The summed E-state index contributed by atoms with van der Waals surface area (Å²) >= 11 is 2.61. The molecule has 182 valence electrons. The van der Waals surface area contributed by atoms with Crippen LogP contribution in [0.1, 0.15) is 33.8 Å². The van der Waals surface area contributed by atoms with Crippen LogP contribution in [0, 0.1) is 12.7 Å². The molecule has 0 fully saturated rings. The molecule has 12 heteroatoms. The number of carbonyl (C=O) groups is 1. The van der Waals surface area contributed by atoms with E-state index in [2.05, 4.69) is 26.7 Å². The predicted octanol–water partition coefficient (Wildman–Crippen LogP) is 4.55. The summed E-state index contributed by atoms with van der Waals surface area (Å²) in [7, 11) is 0. The molecule has 2 N–H and O–H groups in total. The lowest BCUT2D eigenvalue weighted by molar-refractivity contribution is 0.0531. The molecule has 3 aromatic heterocycles. The number of hydrogen-bond acceptors (Lipinski definition) is 10. The number of anilines is 1. The first-order chi connectivity index (χ1) is 16.9. The molecule has 4 rings (SSSR count). The van der Waals surface area contributed by atoms with Gasteiger partial charge in [-0.15, -0.1) is 28.1 Å². The molecule has 3 heterocycles. The van der Waals surface area contributed by atoms with Crippen LogP contribution >= 0.6 is 23.1 Å². The Labute approximate surface area is 209 Å². The molecular formula is C23H23FN6O3S2. The average Bonchev–Trinajstić information content (AvgIpc) is 3.38. The number of halogens is 1. The van der Waals surface area contributed by atoms with E-state index in [4.69, 9.17) is 15.2 Å². The number of esters is 1. The largest absolute Gasteiger partial charge is 0.483 e. The van der Waals surface area contributed by atoms with Crippen LogP contribution < -0.4 is 10.5 Å². The number of allylic oxidation sites excluding steroid dienone is 1. The minimum Gasteiger partial charge on any atom is -0.483 e. The van der Waals surface area contributed by atoms with Crippen molar-refractivity contribution in [1.82, 2.24) is 24.7 Å². The van der Waals surface area contributed by atoms with Gasteiger partial charge in [0, 0.05) is 6.54 Å². The highest BCUT2D eigenvalue weighted by molar-refractivity contribution is 7.98. The van der Waals surface area contributed by atoms with Gasteiger partial charge in [0.05, 0.1) is 17.7 Å². The van der Waals surface area contributed by atoms with Crippen LogP contribution in [0.25, 0.3) is 10.2 Å². The van der Waals surface area contributed by atoms with Gasteiger partial charge in [0.25, 0.3) is 0 Å². The lowest BCUT2D eigenvalue weighted by Crippen LogP contribution is -2.08. The Hall–Kier alpha value is -3.51. The summed E-state index contributed by atoms with van der Waals surface area (Å²) in [5, 5.41) is 9.70. The SMILES string of the molecule is C=CCn1c(COc2ccccc2F)nnc1SCc1nc(N)c2c(C)c(C(=O)OCC)sc2n1. The summed E-state index contributed by atoms with van der Waals surface area (Å²) in [6.07, 6.45) is 1.71. The van der Waals surface area contributed by atoms with Gasteiger partial charge >= 0.3 is 5.97 Å². The average molecular weight is 515 g/mol. The van der Waals surface area contributed by atoms with Crippen LogP contribution in [0.15, 0.2) is 42.1 Å². The number of nitrogens with zero attached hydrogens (tertiary/aromatic N) is 5. The van der Waals surface area contributed by atoms with Crippen molar-refractivity contribution in [2.24, 2.45) is 0 Å². The summed E-state index contributed by atoms with van der Waals surface area (Å²) in [6.45, 7) is 8.13. The summed E-state index contributed by atoms with van der Waals surface area (Å²) in [5.41, 5.74) is 6.92. The minimum absolute atomic E-state index is 0.0445. The maximum atomic E-state index is 13.9. The van der Waals surface area contributed by atoms with E-state index in [9.17, 15) is 9.18 Å². The standard InChI is InChI=1S/C23H23FN6O3S2/c1-4-10-30-17(11-33-15-9-7-6-8-14(15)24)28-29-23(30)34-12-16-26-20(25)18-13(3)19(22(31)32-5-2)35-21(18)27-16/h4,6-9H,1,5,10-12H2,2-3H3,(H2,25,26,27). The van der Waals surface area contributed by atoms with E-state index in [1.54, 1.807) is 31.2 Å².